The third kappa shape index (κ3) is 2.29. The molecule has 82 valence electrons. The summed E-state index contributed by atoms with van der Waals surface area (Å²) >= 11 is 0. The molecule has 15 heavy (non-hydrogen) atoms. The van der Waals surface area contributed by atoms with Crippen LogP contribution in [0, 0.1) is 0 Å². The highest BCUT2D eigenvalue weighted by atomic mass is 15.0. The third-order valence-corrected chi connectivity index (χ3v) is 3.06. The Hall–Kier alpha value is -1.09. The van der Waals surface area contributed by atoms with E-state index in [4.69, 9.17) is 5.73 Å². The number of rotatable bonds is 4. The van der Waals surface area contributed by atoms with Crippen molar-refractivity contribution in [3.05, 3.63) is 23.4 Å². The fourth-order valence-corrected chi connectivity index (χ4v) is 2.04. The van der Waals surface area contributed by atoms with E-state index >= 15 is 0 Å². The Labute approximate surface area is 91.1 Å². The summed E-state index contributed by atoms with van der Waals surface area (Å²) < 4.78 is 0. The smallest absolute Gasteiger partial charge is 0.126 e. The molecule has 0 bridgehead atoms. The molecule has 1 aromatic heterocycles. The van der Waals surface area contributed by atoms with Crippen LogP contribution in [0.3, 0.4) is 0 Å². The van der Waals surface area contributed by atoms with Crippen LogP contribution in [0.1, 0.15) is 31.0 Å². The fourth-order valence-electron chi connectivity index (χ4n) is 2.04. The molecule has 0 aliphatic heterocycles. The molecular weight excluding hydrogens is 186 g/mol. The number of aromatic nitrogens is 1. The molecule has 3 heteroatoms. The summed E-state index contributed by atoms with van der Waals surface area (Å²) in [5.74, 6) is 0.980. The van der Waals surface area contributed by atoms with Crippen LogP contribution in [-0.2, 0) is 12.8 Å². The monoisotopic (exact) mass is 205 g/mol. The second-order valence-electron chi connectivity index (χ2n) is 4.14. The van der Waals surface area contributed by atoms with Crippen LogP contribution in [0.5, 0.6) is 0 Å². The summed E-state index contributed by atoms with van der Waals surface area (Å²) in [6, 6.07) is 4.61. The minimum absolute atomic E-state index is 0.344. The first-order valence-corrected chi connectivity index (χ1v) is 5.79. The predicted octanol–water partition coefficient (Wildman–Crippen LogP) is 1.72. The molecule has 1 unspecified atom stereocenters. The molecule has 3 nitrogen and oxygen atoms in total. The molecule has 0 amide bonds. The standard InChI is InChI=1S/C12H19N3/c1-2-10(8-13)14-12-7-6-9-4-3-5-11(9)15-12/h6-7,10H,2-5,8,13H2,1H3,(H,14,15). The zero-order valence-electron chi connectivity index (χ0n) is 9.29. The molecule has 1 aromatic rings. The van der Waals surface area contributed by atoms with Gasteiger partial charge in [-0.05, 0) is 37.3 Å². The Morgan fingerprint density at radius 1 is 1.47 bits per heavy atom. The fraction of sp³-hybridized carbons (Fsp3) is 0.583. The Bertz CT molecular complexity index is 332. The lowest BCUT2D eigenvalue weighted by Gasteiger charge is -2.15. The number of hydrogen-bond donors (Lipinski definition) is 2. The minimum Gasteiger partial charge on any atom is -0.366 e. The molecule has 1 aliphatic rings. The average Bonchev–Trinajstić information content (AvgIpc) is 2.73. The van der Waals surface area contributed by atoms with Crippen LogP contribution >= 0.6 is 0 Å². The summed E-state index contributed by atoms with van der Waals surface area (Å²) in [5, 5.41) is 3.37. The highest BCUT2D eigenvalue weighted by molar-refractivity contribution is 5.41. The van der Waals surface area contributed by atoms with Gasteiger partial charge in [-0.1, -0.05) is 13.0 Å². The Morgan fingerprint density at radius 2 is 2.33 bits per heavy atom. The van der Waals surface area contributed by atoms with Crippen LogP contribution in [0.4, 0.5) is 5.82 Å². The molecule has 2 rings (SSSR count). The van der Waals surface area contributed by atoms with Gasteiger partial charge in [0.25, 0.3) is 0 Å². The van der Waals surface area contributed by atoms with E-state index in [0.29, 0.717) is 12.6 Å². The van der Waals surface area contributed by atoms with Crippen molar-refractivity contribution in [3.63, 3.8) is 0 Å². The number of nitrogens with zero attached hydrogens (tertiary/aromatic N) is 1. The Morgan fingerprint density at radius 3 is 3.07 bits per heavy atom. The zero-order chi connectivity index (χ0) is 10.7. The number of pyridine rings is 1. The zero-order valence-corrected chi connectivity index (χ0v) is 9.29. The summed E-state index contributed by atoms with van der Waals surface area (Å²) in [7, 11) is 0. The highest BCUT2D eigenvalue weighted by Crippen LogP contribution is 2.21. The lowest BCUT2D eigenvalue weighted by molar-refractivity contribution is 0.699. The third-order valence-electron chi connectivity index (χ3n) is 3.06. The number of hydrogen-bond acceptors (Lipinski definition) is 3. The van der Waals surface area contributed by atoms with Crippen molar-refractivity contribution in [2.24, 2.45) is 5.73 Å². The van der Waals surface area contributed by atoms with Crippen molar-refractivity contribution in [1.29, 1.82) is 0 Å². The van der Waals surface area contributed by atoms with Gasteiger partial charge in [0.15, 0.2) is 0 Å². The normalized spacial score (nSPS) is 16.1. The largest absolute Gasteiger partial charge is 0.366 e. The Balaban J connectivity index is 2.09. The number of nitrogens with one attached hydrogen (secondary N) is 1. The van der Waals surface area contributed by atoms with Gasteiger partial charge in [-0.2, -0.15) is 0 Å². The van der Waals surface area contributed by atoms with Crippen molar-refractivity contribution >= 4 is 5.82 Å². The first-order chi connectivity index (χ1) is 7.33. The molecule has 0 spiro atoms. The topological polar surface area (TPSA) is 50.9 Å². The average molecular weight is 205 g/mol. The molecule has 0 fully saturated rings. The molecule has 1 aliphatic carbocycles. The summed E-state index contributed by atoms with van der Waals surface area (Å²) in [6.45, 7) is 2.80. The van der Waals surface area contributed by atoms with E-state index in [-0.39, 0.29) is 0 Å². The van der Waals surface area contributed by atoms with Crippen molar-refractivity contribution in [3.8, 4) is 0 Å². The van der Waals surface area contributed by atoms with E-state index < -0.39 is 0 Å². The Kier molecular flexibility index (Phi) is 3.21. The predicted molar refractivity (Wildman–Crippen MR) is 63.0 cm³/mol. The minimum atomic E-state index is 0.344. The maximum absolute atomic E-state index is 5.65. The maximum atomic E-state index is 5.65. The SMILES string of the molecule is CCC(CN)Nc1ccc2c(n1)CCC2. The second kappa shape index (κ2) is 4.62. The van der Waals surface area contributed by atoms with Crippen LogP contribution in [0.15, 0.2) is 12.1 Å². The van der Waals surface area contributed by atoms with E-state index in [1.165, 1.54) is 24.1 Å². The van der Waals surface area contributed by atoms with Crippen molar-refractivity contribution < 1.29 is 0 Å². The van der Waals surface area contributed by atoms with Gasteiger partial charge in [-0.15, -0.1) is 0 Å². The van der Waals surface area contributed by atoms with E-state index in [0.717, 1.165) is 18.7 Å². The quantitative estimate of drug-likeness (QED) is 0.787. The van der Waals surface area contributed by atoms with Gasteiger partial charge in [-0.25, -0.2) is 4.98 Å². The van der Waals surface area contributed by atoms with Crippen LogP contribution in [0.2, 0.25) is 0 Å². The highest BCUT2D eigenvalue weighted by Gasteiger charge is 2.13. The number of anilines is 1. The molecule has 0 radical (unpaired) electrons. The summed E-state index contributed by atoms with van der Waals surface area (Å²) in [4.78, 5) is 4.62. The maximum Gasteiger partial charge on any atom is 0.126 e. The molecule has 0 aromatic carbocycles. The lowest BCUT2D eigenvalue weighted by atomic mass is 10.2. The lowest BCUT2D eigenvalue weighted by Crippen LogP contribution is -2.28. The van der Waals surface area contributed by atoms with Gasteiger partial charge in [0.2, 0.25) is 0 Å². The van der Waals surface area contributed by atoms with Gasteiger partial charge in [-0.3, -0.25) is 0 Å². The number of aryl methyl sites for hydroxylation is 2. The van der Waals surface area contributed by atoms with Gasteiger partial charge in [0.1, 0.15) is 5.82 Å². The number of fused-ring (bicyclic) bond motifs is 1. The van der Waals surface area contributed by atoms with E-state index in [1.54, 1.807) is 0 Å². The summed E-state index contributed by atoms with van der Waals surface area (Å²) in [5.41, 5.74) is 8.34. The summed E-state index contributed by atoms with van der Waals surface area (Å²) in [6.07, 6.45) is 4.61. The van der Waals surface area contributed by atoms with E-state index in [9.17, 15) is 0 Å². The molecule has 0 saturated heterocycles. The van der Waals surface area contributed by atoms with Crippen molar-refractivity contribution in [2.75, 3.05) is 11.9 Å². The van der Waals surface area contributed by atoms with Crippen LogP contribution < -0.4 is 11.1 Å². The molecule has 1 atom stereocenters. The van der Waals surface area contributed by atoms with Gasteiger partial charge >= 0.3 is 0 Å². The van der Waals surface area contributed by atoms with Gasteiger partial charge in [0, 0.05) is 18.3 Å². The number of nitrogens with two attached hydrogens (primary N) is 1. The van der Waals surface area contributed by atoms with E-state index in [2.05, 4.69) is 29.4 Å². The first-order valence-electron chi connectivity index (χ1n) is 5.79. The molecule has 3 N–H and O–H groups in total. The molecule has 1 heterocycles. The van der Waals surface area contributed by atoms with Crippen LogP contribution in [0.25, 0.3) is 0 Å². The van der Waals surface area contributed by atoms with Crippen LogP contribution in [-0.4, -0.2) is 17.6 Å². The first kappa shape index (κ1) is 10.4. The van der Waals surface area contributed by atoms with Gasteiger partial charge < -0.3 is 11.1 Å². The van der Waals surface area contributed by atoms with Crippen molar-refractivity contribution in [2.45, 2.75) is 38.6 Å². The van der Waals surface area contributed by atoms with Crippen molar-refractivity contribution in [1.82, 2.24) is 4.98 Å². The van der Waals surface area contributed by atoms with E-state index in [1.807, 2.05) is 0 Å². The molecular formula is C12H19N3. The second-order valence-corrected chi connectivity index (χ2v) is 4.14. The molecule has 0 saturated carbocycles. The van der Waals surface area contributed by atoms with Gasteiger partial charge in [0.05, 0.1) is 0 Å².